The van der Waals surface area contributed by atoms with Crippen molar-refractivity contribution in [1.29, 1.82) is 0 Å². The normalized spacial score (nSPS) is 18.3. The first kappa shape index (κ1) is 21.7. The number of aryl methyl sites for hydroxylation is 2. The summed E-state index contributed by atoms with van der Waals surface area (Å²) in [6.07, 6.45) is 10.0. The minimum atomic E-state index is 0.314. The lowest BCUT2D eigenvalue weighted by molar-refractivity contribution is -0.131. The molecule has 5 rings (SSSR count). The second kappa shape index (κ2) is 9.82. The molecular formula is C28H34N4O. The molecule has 1 aromatic heterocycles. The van der Waals surface area contributed by atoms with Crippen molar-refractivity contribution in [2.24, 2.45) is 13.0 Å². The third-order valence-corrected chi connectivity index (χ3v) is 7.26. The second-order valence-electron chi connectivity index (χ2n) is 9.61. The van der Waals surface area contributed by atoms with E-state index in [1.807, 2.05) is 36.1 Å². The smallest absolute Gasteiger partial charge is 0.222 e. The Morgan fingerprint density at radius 2 is 1.91 bits per heavy atom. The van der Waals surface area contributed by atoms with E-state index in [1.54, 1.807) is 0 Å². The van der Waals surface area contributed by atoms with E-state index < -0.39 is 0 Å². The topological polar surface area (TPSA) is 41.4 Å². The predicted octanol–water partition coefficient (Wildman–Crippen LogP) is 4.71. The molecule has 1 saturated heterocycles. The Morgan fingerprint density at radius 1 is 1.03 bits per heavy atom. The van der Waals surface area contributed by atoms with Crippen LogP contribution >= 0.6 is 0 Å². The molecule has 0 bridgehead atoms. The van der Waals surface area contributed by atoms with E-state index in [0.717, 1.165) is 51.9 Å². The summed E-state index contributed by atoms with van der Waals surface area (Å²) in [7, 11) is 1.96. The number of carbonyl (C=O) groups is 1. The van der Waals surface area contributed by atoms with Crippen molar-refractivity contribution >= 4 is 11.6 Å². The third-order valence-electron chi connectivity index (χ3n) is 7.26. The molecule has 1 amide bonds. The highest BCUT2D eigenvalue weighted by Gasteiger charge is 2.25. The highest BCUT2D eigenvalue weighted by Crippen LogP contribution is 2.33. The Bertz CT molecular complexity index is 1090. The molecule has 1 atom stereocenters. The fraction of sp³-hybridized carbons (Fsp3) is 0.429. The van der Waals surface area contributed by atoms with Gasteiger partial charge in [-0.05, 0) is 66.8 Å². The third kappa shape index (κ3) is 5.13. The second-order valence-corrected chi connectivity index (χ2v) is 9.61. The van der Waals surface area contributed by atoms with Gasteiger partial charge in [-0.15, -0.1) is 0 Å². The maximum Gasteiger partial charge on any atom is 0.222 e. The first-order valence-corrected chi connectivity index (χ1v) is 12.3. The van der Waals surface area contributed by atoms with Gasteiger partial charge in [0.15, 0.2) is 0 Å². The number of aromatic nitrogens is 2. The van der Waals surface area contributed by atoms with E-state index in [2.05, 4.69) is 51.4 Å². The molecule has 3 heterocycles. The number of rotatable bonds is 6. The fourth-order valence-electron chi connectivity index (χ4n) is 5.37. The van der Waals surface area contributed by atoms with Gasteiger partial charge in [-0.25, -0.2) is 0 Å². The summed E-state index contributed by atoms with van der Waals surface area (Å²) in [5, 5.41) is 4.31. The van der Waals surface area contributed by atoms with Crippen molar-refractivity contribution in [2.45, 2.75) is 38.5 Å². The fourth-order valence-corrected chi connectivity index (χ4v) is 5.37. The van der Waals surface area contributed by atoms with Crippen molar-refractivity contribution in [2.75, 3.05) is 31.1 Å². The Hall–Kier alpha value is -3.08. The summed E-state index contributed by atoms with van der Waals surface area (Å²) >= 11 is 0. The van der Waals surface area contributed by atoms with Gasteiger partial charge < -0.3 is 9.80 Å². The summed E-state index contributed by atoms with van der Waals surface area (Å²) in [4.78, 5) is 17.5. The molecule has 33 heavy (non-hydrogen) atoms. The average molecular weight is 443 g/mol. The number of amides is 1. The zero-order valence-corrected chi connectivity index (χ0v) is 19.6. The molecule has 0 spiro atoms. The summed E-state index contributed by atoms with van der Waals surface area (Å²) in [5.74, 6) is 0.967. The van der Waals surface area contributed by atoms with E-state index >= 15 is 0 Å². The lowest BCUT2D eigenvalue weighted by atomic mass is 10.00. The molecule has 5 heteroatoms. The lowest BCUT2D eigenvalue weighted by Gasteiger charge is -2.25. The van der Waals surface area contributed by atoms with Crippen LogP contribution in [0.5, 0.6) is 0 Å². The molecule has 1 fully saturated rings. The van der Waals surface area contributed by atoms with E-state index in [4.69, 9.17) is 0 Å². The van der Waals surface area contributed by atoms with Gasteiger partial charge in [0.25, 0.3) is 0 Å². The number of hydrogen-bond acceptors (Lipinski definition) is 3. The van der Waals surface area contributed by atoms with Gasteiger partial charge in [-0.1, -0.05) is 36.4 Å². The van der Waals surface area contributed by atoms with Crippen molar-refractivity contribution in [3.63, 3.8) is 0 Å². The van der Waals surface area contributed by atoms with E-state index in [1.165, 1.54) is 34.4 Å². The average Bonchev–Trinajstić information content (AvgIpc) is 3.37. The number of benzene rings is 2. The Morgan fingerprint density at radius 3 is 2.73 bits per heavy atom. The number of hydrogen-bond donors (Lipinski definition) is 0. The van der Waals surface area contributed by atoms with Crippen LogP contribution in [0.4, 0.5) is 5.69 Å². The summed E-state index contributed by atoms with van der Waals surface area (Å²) < 4.78 is 1.86. The van der Waals surface area contributed by atoms with Crippen molar-refractivity contribution < 1.29 is 4.79 Å². The largest absolute Gasteiger partial charge is 0.371 e. The van der Waals surface area contributed by atoms with Crippen molar-refractivity contribution in [1.82, 2.24) is 14.7 Å². The molecule has 0 saturated carbocycles. The van der Waals surface area contributed by atoms with Gasteiger partial charge in [0, 0.05) is 57.1 Å². The predicted molar refractivity (Wildman–Crippen MR) is 133 cm³/mol. The van der Waals surface area contributed by atoms with E-state index in [0.29, 0.717) is 18.2 Å². The van der Waals surface area contributed by atoms with Crippen molar-refractivity contribution in [3.8, 4) is 11.1 Å². The first-order valence-electron chi connectivity index (χ1n) is 12.3. The number of anilines is 1. The van der Waals surface area contributed by atoms with Gasteiger partial charge in [-0.3, -0.25) is 9.48 Å². The number of likely N-dealkylation sites (tertiary alicyclic amines) is 1. The van der Waals surface area contributed by atoms with Gasteiger partial charge in [-0.2, -0.15) is 5.10 Å². The molecule has 0 N–H and O–H groups in total. The standard InChI is InChI=1S/C28H34N4O/c1-30-21-26(19-29-30)24-10-11-27-25(18-24)14-17-32(27)20-23-8-5-15-31(16-13-23)28(33)12-9-22-6-3-2-4-7-22/h2-4,6-7,10-11,18-19,21,23H,5,8-9,12-17,20H2,1H3. The molecule has 5 nitrogen and oxygen atoms in total. The lowest BCUT2D eigenvalue weighted by Crippen LogP contribution is -2.33. The van der Waals surface area contributed by atoms with Gasteiger partial charge in [0.05, 0.1) is 6.20 Å². The first-order chi connectivity index (χ1) is 16.2. The quantitative estimate of drug-likeness (QED) is 0.555. The van der Waals surface area contributed by atoms with Gasteiger partial charge in [0.2, 0.25) is 5.91 Å². The Labute approximate surface area is 197 Å². The minimum absolute atomic E-state index is 0.314. The summed E-state index contributed by atoms with van der Waals surface area (Å²) in [6.45, 7) is 4.02. The van der Waals surface area contributed by atoms with Crippen LogP contribution in [-0.2, 0) is 24.7 Å². The molecule has 3 aromatic rings. The minimum Gasteiger partial charge on any atom is -0.371 e. The van der Waals surface area contributed by atoms with Crippen molar-refractivity contribution in [3.05, 3.63) is 72.1 Å². The molecule has 2 aliphatic rings. The van der Waals surface area contributed by atoms with Crippen LogP contribution in [0.3, 0.4) is 0 Å². The zero-order valence-electron chi connectivity index (χ0n) is 19.6. The Kier molecular flexibility index (Phi) is 6.47. The van der Waals surface area contributed by atoms with Gasteiger partial charge >= 0.3 is 0 Å². The van der Waals surface area contributed by atoms with Crippen LogP contribution in [-0.4, -0.2) is 46.8 Å². The molecule has 0 aliphatic carbocycles. The maximum absolute atomic E-state index is 12.8. The van der Waals surface area contributed by atoms with E-state index in [9.17, 15) is 4.79 Å². The monoisotopic (exact) mass is 442 g/mol. The number of carbonyl (C=O) groups excluding carboxylic acids is 1. The van der Waals surface area contributed by atoms with Crippen LogP contribution in [0.15, 0.2) is 60.9 Å². The van der Waals surface area contributed by atoms with Crippen LogP contribution in [0.25, 0.3) is 11.1 Å². The highest BCUT2D eigenvalue weighted by molar-refractivity contribution is 5.76. The maximum atomic E-state index is 12.8. The molecule has 172 valence electrons. The molecule has 1 unspecified atom stereocenters. The molecule has 2 aromatic carbocycles. The van der Waals surface area contributed by atoms with Crippen LogP contribution in [0.1, 0.15) is 36.8 Å². The molecule has 2 aliphatic heterocycles. The van der Waals surface area contributed by atoms with Crippen LogP contribution in [0.2, 0.25) is 0 Å². The van der Waals surface area contributed by atoms with E-state index in [-0.39, 0.29) is 0 Å². The molecule has 0 radical (unpaired) electrons. The van der Waals surface area contributed by atoms with Crippen LogP contribution < -0.4 is 4.90 Å². The zero-order chi connectivity index (χ0) is 22.6. The number of nitrogens with zero attached hydrogens (tertiary/aromatic N) is 4. The van der Waals surface area contributed by atoms with Gasteiger partial charge in [0.1, 0.15) is 0 Å². The highest BCUT2D eigenvalue weighted by atomic mass is 16.2. The van der Waals surface area contributed by atoms with Crippen LogP contribution in [0, 0.1) is 5.92 Å². The Balaban J connectivity index is 1.15. The summed E-state index contributed by atoms with van der Waals surface area (Å²) in [5.41, 5.74) is 6.52. The summed E-state index contributed by atoms with van der Waals surface area (Å²) in [6, 6.07) is 17.2. The molecular weight excluding hydrogens is 408 g/mol. The number of fused-ring (bicyclic) bond motifs is 1. The SMILES string of the molecule is Cn1cc(-c2ccc3c(c2)CCN3CC2CCCN(C(=O)CCc3ccccc3)CC2)cn1.